The van der Waals surface area contributed by atoms with Gasteiger partial charge in [0, 0.05) is 32.0 Å². The zero-order chi connectivity index (χ0) is 16.4. The van der Waals surface area contributed by atoms with Crippen molar-refractivity contribution in [1.29, 1.82) is 0 Å². The SMILES string of the molecule is CS(=O)(=O)N1CCC[C@@H](C(=O)N2CCC[C@@H]2Cn2cccn2)C1. The summed E-state index contributed by atoms with van der Waals surface area (Å²) in [5.41, 5.74) is 0. The third kappa shape index (κ3) is 3.74. The van der Waals surface area contributed by atoms with E-state index >= 15 is 0 Å². The molecule has 0 saturated carbocycles. The van der Waals surface area contributed by atoms with Crippen LogP contribution in [-0.4, -0.2) is 65.2 Å². The van der Waals surface area contributed by atoms with E-state index in [-0.39, 0.29) is 17.9 Å². The average Bonchev–Trinajstić information content (AvgIpc) is 3.18. The van der Waals surface area contributed by atoms with Crippen LogP contribution in [-0.2, 0) is 21.4 Å². The van der Waals surface area contributed by atoms with Crippen LogP contribution in [0, 0.1) is 5.92 Å². The van der Waals surface area contributed by atoms with Gasteiger partial charge >= 0.3 is 0 Å². The molecule has 2 aliphatic heterocycles. The van der Waals surface area contributed by atoms with Crippen molar-refractivity contribution in [2.24, 2.45) is 5.92 Å². The number of likely N-dealkylation sites (tertiary alicyclic amines) is 1. The molecular weight excluding hydrogens is 316 g/mol. The molecule has 0 radical (unpaired) electrons. The Balaban J connectivity index is 1.66. The maximum Gasteiger partial charge on any atom is 0.227 e. The Labute approximate surface area is 137 Å². The second kappa shape index (κ2) is 6.60. The van der Waals surface area contributed by atoms with Gasteiger partial charge in [-0.05, 0) is 31.7 Å². The molecule has 1 amide bonds. The van der Waals surface area contributed by atoms with Gasteiger partial charge < -0.3 is 4.90 Å². The number of hydrogen-bond donors (Lipinski definition) is 0. The van der Waals surface area contributed by atoms with Gasteiger partial charge in [-0.15, -0.1) is 0 Å². The van der Waals surface area contributed by atoms with Gasteiger partial charge in [0.1, 0.15) is 0 Å². The zero-order valence-corrected chi connectivity index (χ0v) is 14.3. The lowest BCUT2D eigenvalue weighted by Crippen LogP contribution is -2.48. The van der Waals surface area contributed by atoms with Crippen LogP contribution in [0.4, 0.5) is 0 Å². The highest BCUT2D eigenvalue weighted by molar-refractivity contribution is 7.88. The van der Waals surface area contributed by atoms with Crippen LogP contribution in [0.25, 0.3) is 0 Å². The van der Waals surface area contributed by atoms with Crippen LogP contribution in [0.2, 0.25) is 0 Å². The molecule has 0 N–H and O–H groups in total. The van der Waals surface area contributed by atoms with Gasteiger partial charge in [0.25, 0.3) is 0 Å². The first-order valence-corrected chi connectivity index (χ1v) is 10.0. The van der Waals surface area contributed by atoms with E-state index < -0.39 is 10.0 Å². The van der Waals surface area contributed by atoms with Gasteiger partial charge in [-0.25, -0.2) is 12.7 Å². The minimum absolute atomic E-state index is 0.105. The van der Waals surface area contributed by atoms with E-state index in [2.05, 4.69) is 5.10 Å². The normalized spacial score (nSPS) is 26.6. The van der Waals surface area contributed by atoms with Crippen molar-refractivity contribution in [3.63, 3.8) is 0 Å². The van der Waals surface area contributed by atoms with E-state index in [0.717, 1.165) is 32.2 Å². The maximum atomic E-state index is 12.9. The molecule has 2 atom stereocenters. The molecule has 2 aliphatic rings. The van der Waals surface area contributed by atoms with Crippen LogP contribution in [0.5, 0.6) is 0 Å². The Kier molecular flexibility index (Phi) is 4.72. The van der Waals surface area contributed by atoms with Crippen molar-refractivity contribution < 1.29 is 13.2 Å². The van der Waals surface area contributed by atoms with Crippen molar-refractivity contribution >= 4 is 15.9 Å². The quantitative estimate of drug-likeness (QED) is 0.802. The van der Waals surface area contributed by atoms with Crippen molar-refractivity contribution in [3.8, 4) is 0 Å². The van der Waals surface area contributed by atoms with Gasteiger partial charge in [0.05, 0.1) is 24.8 Å². The molecule has 2 saturated heterocycles. The van der Waals surface area contributed by atoms with E-state index in [9.17, 15) is 13.2 Å². The number of hydrogen-bond acceptors (Lipinski definition) is 4. The minimum atomic E-state index is -3.22. The summed E-state index contributed by atoms with van der Waals surface area (Å²) in [6.45, 7) is 2.32. The topological polar surface area (TPSA) is 75.5 Å². The number of aromatic nitrogens is 2. The monoisotopic (exact) mass is 340 g/mol. The Bertz CT molecular complexity index is 644. The lowest BCUT2D eigenvalue weighted by atomic mass is 9.97. The van der Waals surface area contributed by atoms with E-state index in [0.29, 0.717) is 19.6 Å². The number of carbonyl (C=O) groups is 1. The van der Waals surface area contributed by atoms with E-state index in [1.807, 2.05) is 21.8 Å². The van der Waals surface area contributed by atoms with Crippen LogP contribution in [0.3, 0.4) is 0 Å². The minimum Gasteiger partial charge on any atom is -0.338 e. The van der Waals surface area contributed by atoms with Gasteiger partial charge in [-0.2, -0.15) is 5.10 Å². The summed E-state index contributed by atoms with van der Waals surface area (Å²) in [5, 5.41) is 4.22. The highest BCUT2D eigenvalue weighted by Gasteiger charge is 2.36. The lowest BCUT2D eigenvalue weighted by Gasteiger charge is -2.34. The number of piperidine rings is 1. The lowest BCUT2D eigenvalue weighted by molar-refractivity contribution is -0.137. The van der Waals surface area contributed by atoms with Crippen molar-refractivity contribution in [3.05, 3.63) is 18.5 Å². The highest BCUT2D eigenvalue weighted by atomic mass is 32.2. The van der Waals surface area contributed by atoms with Crippen molar-refractivity contribution in [2.75, 3.05) is 25.9 Å². The fourth-order valence-electron chi connectivity index (χ4n) is 3.62. The fraction of sp³-hybridized carbons (Fsp3) is 0.733. The first-order chi connectivity index (χ1) is 10.9. The summed E-state index contributed by atoms with van der Waals surface area (Å²) in [7, 11) is -3.22. The molecule has 23 heavy (non-hydrogen) atoms. The van der Waals surface area contributed by atoms with E-state index in [1.165, 1.54) is 10.6 Å². The predicted molar refractivity (Wildman–Crippen MR) is 86.1 cm³/mol. The smallest absolute Gasteiger partial charge is 0.227 e. The third-order valence-corrected chi connectivity index (χ3v) is 6.09. The molecule has 0 aromatic carbocycles. The zero-order valence-electron chi connectivity index (χ0n) is 13.5. The summed E-state index contributed by atoms with van der Waals surface area (Å²) in [4.78, 5) is 14.8. The number of rotatable bonds is 4. The number of carbonyl (C=O) groups excluding carboxylic acids is 1. The van der Waals surface area contributed by atoms with Crippen LogP contribution >= 0.6 is 0 Å². The second-order valence-electron chi connectivity index (χ2n) is 6.52. The molecule has 8 heteroatoms. The summed E-state index contributed by atoms with van der Waals surface area (Å²) in [6, 6.07) is 2.04. The standard InChI is InChI=1S/C15H24N4O3S/c1-23(21,22)18-9-2-5-13(11-18)15(20)19-10-3-6-14(19)12-17-8-4-7-16-17/h4,7-8,13-14H,2-3,5-6,9-12H2,1H3/t13-,14-/m1/s1. The Morgan fingerprint density at radius 1 is 1.26 bits per heavy atom. The Hall–Kier alpha value is -1.41. The van der Waals surface area contributed by atoms with Crippen molar-refractivity contribution in [2.45, 2.75) is 38.3 Å². The second-order valence-corrected chi connectivity index (χ2v) is 8.50. The predicted octanol–water partition coefficient (Wildman–Crippen LogP) is 0.546. The maximum absolute atomic E-state index is 12.9. The molecule has 1 aromatic heterocycles. The summed E-state index contributed by atoms with van der Waals surface area (Å²) < 4.78 is 26.8. The highest BCUT2D eigenvalue weighted by Crippen LogP contribution is 2.26. The molecule has 1 aromatic rings. The van der Waals surface area contributed by atoms with Gasteiger partial charge in [-0.3, -0.25) is 9.48 Å². The van der Waals surface area contributed by atoms with Crippen LogP contribution < -0.4 is 0 Å². The molecule has 0 aliphatic carbocycles. The number of nitrogens with zero attached hydrogens (tertiary/aromatic N) is 4. The molecule has 7 nitrogen and oxygen atoms in total. The molecule has 128 valence electrons. The Morgan fingerprint density at radius 2 is 2.04 bits per heavy atom. The van der Waals surface area contributed by atoms with Gasteiger partial charge in [-0.1, -0.05) is 0 Å². The summed E-state index contributed by atoms with van der Waals surface area (Å²) in [6.07, 6.45) is 8.38. The van der Waals surface area contributed by atoms with Gasteiger partial charge in [0.15, 0.2) is 0 Å². The number of amides is 1. The van der Waals surface area contributed by atoms with Crippen LogP contribution in [0.1, 0.15) is 25.7 Å². The number of sulfonamides is 1. The fourth-order valence-corrected chi connectivity index (χ4v) is 4.53. The molecule has 0 spiro atoms. The average molecular weight is 340 g/mol. The first kappa shape index (κ1) is 16.4. The van der Waals surface area contributed by atoms with Crippen LogP contribution in [0.15, 0.2) is 18.5 Å². The first-order valence-electron chi connectivity index (χ1n) is 8.18. The third-order valence-electron chi connectivity index (χ3n) is 4.82. The summed E-state index contributed by atoms with van der Waals surface area (Å²) >= 11 is 0. The molecule has 3 heterocycles. The Morgan fingerprint density at radius 3 is 2.74 bits per heavy atom. The molecule has 0 unspecified atom stereocenters. The summed E-state index contributed by atoms with van der Waals surface area (Å²) in [5.74, 6) is -0.107. The largest absolute Gasteiger partial charge is 0.338 e. The van der Waals surface area contributed by atoms with E-state index in [1.54, 1.807) is 6.20 Å². The molecule has 3 rings (SSSR count). The molecular formula is C15H24N4O3S. The molecule has 0 bridgehead atoms. The molecule has 2 fully saturated rings. The van der Waals surface area contributed by atoms with Crippen molar-refractivity contribution in [1.82, 2.24) is 19.0 Å². The van der Waals surface area contributed by atoms with Gasteiger partial charge in [0.2, 0.25) is 15.9 Å². The van der Waals surface area contributed by atoms with E-state index in [4.69, 9.17) is 0 Å².